The zero-order valence-electron chi connectivity index (χ0n) is 17.8. The normalized spacial score (nSPS) is 10.7. The topological polar surface area (TPSA) is 47.3 Å². The average Bonchev–Trinajstić information content (AvgIpc) is 3.19. The number of rotatable bonds is 5. The molecule has 4 aromatic rings. The minimum Gasteiger partial charge on any atom is -0.282 e. The van der Waals surface area contributed by atoms with E-state index in [-0.39, 0.29) is 5.12 Å². The Hall–Kier alpha value is -2.92. The van der Waals surface area contributed by atoms with Crippen molar-refractivity contribution in [2.24, 2.45) is 0 Å². The molecule has 0 aliphatic rings. The van der Waals surface area contributed by atoms with Gasteiger partial charge >= 0.3 is 0 Å². The van der Waals surface area contributed by atoms with Gasteiger partial charge in [0.15, 0.2) is 5.65 Å². The Bertz CT molecular complexity index is 1130. The van der Waals surface area contributed by atoms with Gasteiger partial charge < -0.3 is 0 Å². The third-order valence-corrected chi connectivity index (χ3v) is 5.16. The SMILES string of the molecule is CC.CC(C)c1ccc(Cc2ccn3ncc(-c4ccc(C(=O)S)cc4)c3n2)cc1. The Kier molecular flexibility index (Phi) is 7.06. The molecule has 2 aromatic heterocycles. The van der Waals surface area contributed by atoms with Gasteiger partial charge in [0.1, 0.15) is 0 Å². The molecule has 0 radical (unpaired) electrons. The molecule has 0 spiro atoms. The molecule has 2 aromatic carbocycles. The molecular weight excluding hydrogens is 390 g/mol. The van der Waals surface area contributed by atoms with Crippen molar-refractivity contribution in [3.63, 3.8) is 0 Å². The first-order valence-corrected chi connectivity index (χ1v) is 10.7. The quantitative estimate of drug-likeness (QED) is 0.393. The van der Waals surface area contributed by atoms with Crippen molar-refractivity contribution in [1.82, 2.24) is 14.6 Å². The van der Waals surface area contributed by atoms with Crippen molar-refractivity contribution in [2.45, 2.75) is 40.0 Å². The summed E-state index contributed by atoms with van der Waals surface area (Å²) in [6.07, 6.45) is 4.52. The Morgan fingerprint density at radius 2 is 1.67 bits per heavy atom. The number of benzene rings is 2. The molecule has 5 heteroatoms. The second kappa shape index (κ2) is 9.72. The molecule has 0 saturated carbocycles. The number of aromatic nitrogens is 3. The number of carbonyl (C=O) groups is 1. The maximum Gasteiger partial charge on any atom is 0.216 e. The van der Waals surface area contributed by atoms with Crippen LogP contribution in [0.25, 0.3) is 16.8 Å². The van der Waals surface area contributed by atoms with Crippen molar-refractivity contribution in [3.8, 4) is 11.1 Å². The Balaban J connectivity index is 0.00000124. The van der Waals surface area contributed by atoms with Crippen LogP contribution in [-0.2, 0) is 6.42 Å². The Morgan fingerprint density at radius 1 is 1.00 bits per heavy atom. The van der Waals surface area contributed by atoms with Gasteiger partial charge in [0.2, 0.25) is 5.12 Å². The van der Waals surface area contributed by atoms with Crippen LogP contribution < -0.4 is 0 Å². The van der Waals surface area contributed by atoms with Crippen LogP contribution in [0, 0.1) is 0 Å². The predicted molar refractivity (Wildman–Crippen MR) is 126 cm³/mol. The molecule has 0 bridgehead atoms. The average molecular weight is 418 g/mol. The minimum atomic E-state index is -0.240. The zero-order valence-corrected chi connectivity index (χ0v) is 18.7. The summed E-state index contributed by atoms with van der Waals surface area (Å²) in [6.45, 7) is 8.40. The van der Waals surface area contributed by atoms with Gasteiger partial charge in [-0.1, -0.05) is 64.1 Å². The van der Waals surface area contributed by atoms with Crippen LogP contribution in [0.5, 0.6) is 0 Å². The summed E-state index contributed by atoms with van der Waals surface area (Å²) in [4.78, 5) is 16.2. The lowest BCUT2D eigenvalue weighted by molar-refractivity contribution is 0.109. The molecule has 0 amide bonds. The summed E-state index contributed by atoms with van der Waals surface area (Å²) < 4.78 is 1.78. The van der Waals surface area contributed by atoms with E-state index in [1.54, 1.807) is 22.8 Å². The van der Waals surface area contributed by atoms with Gasteiger partial charge in [-0.05, 0) is 40.8 Å². The lowest BCUT2D eigenvalue weighted by Gasteiger charge is -2.07. The predicted octanol–water partition coefficient (Wildman–Crippen LogP) is 6.21. The van der Waals surface area contributed by atoms with Crippen molar-refractivity contribution in [3.05, 3.63) is 89.4 Å². The second-order valence-electron chi connectivity index (χ2n) is 7.20. The third kappa shape index (κ3) is 4.79. The summed E-state index contributed by atoms with van der Waals surface area (Å²) in [5, 5.41) is 4.16. The summed E-state index contributed by atoms with van der Waals surface area (Å²) in [5.74, 6) is 0.530. The highest BCUT2D eigenvalue weighted by molar-refractivity contribution is 7.97. The highest BCUT2D eigenvalue weighted by Gasteiger charge is 2.10. The minimum absolute atomic E-state index is 0.240. The number of fused-ring (bicyclic) bond motifs is 1. The lowest BCUT2D eigenvalue weighted by Crippen LogP contribution is -1.98. The molecule has 0 unspecified atom stereocenters. The molecule has 154 valence electrons. The molecule has 0 aliphatic carbocycles. The zero-order chi connectivity index (χ0) is 21.7. The maximum atomic E-state index is 11.4. The van der Waals surface area contributed by atoms with Crippen LogP contribution in [0.2, 0.25) is 0 Å². The fraction of sp³-hybridized carbons (Fsp3) is 0.240. The van der Waals surface area contributed by atoms with Gasteiger partial charge in [-0.15, -0.1) is 12.6 Å². The van der Waals surface area contributed by atoms with Crippen LogP contribution in [0.3, 0.4) is 0 Å². The maximum absolute atomic E-state index is 11.4. The van der Waals surface area contributed by atoms with E-state index in [2.05, 4.69) is 55.8 Å². The van der Waals surface area contributed by atoms with E-state index < -0.39 is 0 Å². The molecule has 0 fully saturated rings. The highest BCUT2D eigenvalue weighted by Crippen LogP contribution is 2.25. The third-order valence-electron chi connectivity index (χ3n) is 4.90. The van der Waals surface area contributed by atoms with Crippen LogP contribution in [0.4, 0.5) is 0 Å². The molecule has 30 heavy (non-hydrogen) atoms. The molecule has 4 rings (SSSR count). The summed E-state index contributed by atoms with van der Waals surface area (Å²) in [6, 6.07) is 18.1. The second-order valence-corrected chi connectivity index (χ2v) is 7.61. The number of nitrogens with zero attached hydrogens (tertiary/aromatic N) is 3. The number of thiol groups is 1. The molecule has 0 aliphatic heterocycles. The Morgan fingerprint density at radius 3 is 2.27 bits per heavy atom. The van der Waals surface area contributed by atoms with E-state index in [1.165, 1.54) is 11.1 Å². The van der Waals surface area contributed by atoms with Crippen molar-refractivity contribution in [1.29, 1.82) is 0 Å². The molecular formula is C25H27N3OS. The van der Waals surface area contributed by atoms with Gasteiger partial charge in [0.25, 0.3) is 0 Å². The summed E-state index contributed by atoms with van der Waals surface area (Å²) in [5.41, 5.74) is 6.86. The summed E-state index contributed by atoms with van der Waals surface area (Å²) in [7, 11) is 0. The number of carbonyl (C=O) groups excluding carboxylic acids is 1. The van der Waals surface area contributed by atoms with Crippen LogP contribution in [0.15, 0.2) is 67.0 Å². The molecule has 2 heterocycles. The number of hydrogen-bond acceptors (Lipinski definition) is 3. The standard InChI is InChI=1S/C23H21N3OS.C2H6/c1-15(2)17-5-3-16(4-6-17)13-20-11-12-26-22(25-20)21(14-24-26)18-7-9-19(10-8-18)23(27)28;1-2/h3-12,14-15H,13H2,1-2H3,(H,27,28);1-2H3. The molecule has 0 atom stereocenters. The first-order chi connectivity index (χ1) is 14.5. The molecule has 0 N–H and O–H groups in total. The first kappa shape index (κ1) is 21.8. The first-order valence-electron chi connectivity index (χ1n) is 10.3. The van der Waals surface area contributed by atoms with Gasteiger partial charge in [-0.25, -0.2) is 9.50 Å². The fourth-order valence-corrected chi connectivity index (χ4v) is 3.38. The van der Waals surface area contributed by atoms with E-state index in [9.17, 15) is 4.79 Å². The van der Waals surface area contributed by atoms with Gasteiger partial charge in [-0.3, -0.25) is 4.79 Å². The van der Waals surface area contributed by atoms with Crippen molar-refractivity contribution in [2.75, 3.05) is 0 Å². The lowest BCUT2D eigenvalue weighted by atomic mass is 10.0. The monoisotopic (exact) mass is 417 g/mol. The largest absolute Gasteiger partial charge is 0.282 e. The molecule has 4 nitrogen and oxygen atoms in total. The van der Waals surface area contributed by atoms with Crippen molar-refractivity contribution >= 4 is 23.4 Å². The molecule has 0 saturated heterocycles. The smallest absolute Gasteiger partial charge is 0.216 e. The van der Waals surface area contributed by atoms with E-state index >= 15 is 0 Å². The fourth-order valence-electron chi connectivity index (χ4n) is 3.23. The van der Waals surface area contributed by atoms with E-state index in [4.69, 9.17) is 4.98 Å². The van der Waals surface area contributed by atoms with Gasteiger partial charge in [0, 0.05) is 29.4 Å². The van der Waals surface area contributed by atoms with Gasteiger partial charge in [-0.2, -0.15) is 5.10 Å². The Labute approximate surface area is 183 Å². The van der Waals surface area contributed by atoms with E-state index in [0.717, 1.165) is 28.9 Å². The summed E-state index contributed by atoms with van der Waals surface area (Å²) >= 11 is 3.87. The van der Waals surface area contributed by atoms with Crippen LogP contribution in [-0.4, -0.2) is 19.7 Å². The van der Waals surface area contributed by atoms with Crippen LogP contribution in [0.1, 0.15) is 60.8 Å². The number of hydrogen-bond donors (Lipinski definition) is 1. The van der Waals surface area contributed by atoms with Crippen LogP contribution >= 0.6 is 12.6 Å². The van der Waals surface area contributed by atoms with E-state index in [1.807, 2.05) is 38.2 Å². The van der Waals surface area contributed by atoms with E-state index in [0.29, 0.717) is 11.5 Å². The highest BCUT2D eigenvalue weighted by atomic mass is 32.1. The van der Waals surface area contributed by atoms with Crippen molar-refractivity contribution < 1.29 is 4.79 Å². The van der Waals surface area contributed by atoms with Gasteiger partial charge in [0.05, 0.1) is 6.20 Å².